The molecule has 2 fully saturated rings. The molecule has 148 valence electrons. The maximum Gasteiger partial charge on any atom is 0.231 e. The molecular formula is C21H26N4O2S. The molecule has 2 aliphatic rings. The van der Waals surface area contributed by atoms with Crippen LogP contribution in [0, 0.1) is 5.92 Å². The van der Waals surface area contributed by atoms with Crippen LogP contribution in [0.15, 0.2) is 30.3 Å². The quantitative estimate of drug-likeness (QED) is 0.809. The summed E-state index contributed by atoms with van der Waals surface area (Å²) in [5.41, 5.74) is 1.26. The lowest BCUT2D eigenvalue weighted by Gasteiger charge is -2.31. The van der Waals surface area contributed by atoms with E-state index in [-0.39, 0.29) is 17.7 Å². The van der Waals surface area contributed by atoms with Crippen LogP contribution in [-0.2, 0) is 22.4 Å². The Morgan fingerprint density at radius 1 is 1.11 bits per heavy atom. The molecule has 1 aromatic heterocycles. The molecule has 0 radical (unpaired) electrons. The predicted molar refractivity (Wildman–Crippen MR) is 109 cm³/mol. The Balaban J connectivity index is 1.29. The highest BCUT2D eigenvalue weighted by Crippen LogP contribution is 2.29. The smallest absolute Gasteiger partial charge is 0.231 e. The summed E-state index contributed by atoms with van der Waals surface area (Å²) in [6.45, 7) is 0.537. The lowest BCUT2D eigenvalue weighted by atomic mass is 9.94. The van der Waals surface area contributed by atoms with Gasteiger partial charge in [-0.1, -0.05) is 60.9 Å². The van der Waals surface area contributed by atoms with E-state index in [4.69, 9.17) is 0 Å². The van der Waals surface area contributed by atoms with Crippen LogP contribution in [0.5, 0.6) is 0 Å². The predicted octanol–water partition coefficient (Wildman–Crippen LogP) is 3.44. The van der Waals surface area contributed by atoms with Crippen molar-refractivity contribution in [2.75, 3.05) is 11.9 Å². The van der Waals surface area contributed by atoms with Gasteiger partial charge in [-0.3, -0.25) is 9.59 Å². The van der Waals surface area contributed by atoms with Crippen molar-refractivity contribution in [1.29, 1.82) is 0 Å². The largest absolute Gasteiger partial charge is 0.339 e. The van der Waals surface area contributed by atoms with Crippen LogP contribution in [0.25, 0.3) is 0 Å². The average molecular weight is 399 g/mol. The fourth-order valence-corrected chi connectivity index (χ4v) is 4.90. The van der Waals surface area contributed by atoms with E-state index in [1.54, 1.807) is 0 Å². The second-order valence-corrected chi connectivity index (χ2v) is 8.78. The van der Waals surface area contributed by atoms with Gasteiger partial charge >= 0.3 is 0 Å². The zero-order valence-corrected chi connectivity index (χ0v) is 16.8. The van der Waals surface area contributed by atoms with Crippen molar-refractivity contribution in [3.8, 4) is 0 Å². The van der Waals surface area contributed by atoms with Gasteiger partial charge in [0.05, 0.1) is 5.92 Å². The fourth-order valence-electron chi connectivity index (χ4n) is 4.16. The Hall–Kier alpha value is -2.28. The fraction of sp³-hybridized carbons (Fsp3) is 0.524. The molecule has 0 spiro atoms. The monoisotopic (exact) mass is 398 g/mol. The third kappa shape index (κ3) is 4.58. The highest BCUT2D eigenvalue weighted by atomic mass is 32.1. The van der Waals surface area contributed by atoms with Gasteiger partial charge in [-0.2, -0.15) is 0 Å². The Bertz CT molecular complexity index is 817. The summed E-state index contributed by atoms with van der Waals surface area (Å²) in [6.07, 6.45) is 7.77. The standard InChI is InChI=1S/C21H26N4O2S/c26-19-13-16(14-25(19)17-9-5-2-6-10-17)20(27)22-21-24-23-18(28-21)12-11-15-7-3-1-4-8-15/h1,3-4,7-8,16-17H,2,5-6,9-14H2,(H,22,24,27). The van der Waals surface area contributed by atoms with Gasteiger partial charge in [-0.25, -0.2) is 0 Å². The third-order valence-corrected chi connectivity index (χ3v) is 6.61. The molecule has 7 heteroatoms. The highest BCUT2D eigenvalue weighted by molar-refractivity contribution is 7.15. The molecule has 1 saturated carbocycles. The van der Waals surface area contributed by atoms with Gasteiger partial charge in [0.2, 0.25) is 16.9 Å². The van der Waals surface area contributed by atoms with Gasteiger partial charge in [-0.05, 0) is 24.8 Å². The molecule has 1 aromatic carbocycles. The van der Waals surface area contributed by atoms with Gasteiger partial charge < -0.3 is 10.2 Å². The number of hydrogen-bond donors (Lipinski definition) is 1. The number of likely N-dealkylation sites (tertiary alicyclic amines) is 1. The van der Waals surface area contributed by atoms with Crippen molar-refractivity contribution in [2.45, 2.75) is 57.4 Å². The number of aromatic nitrogens is 2. The first-order chi connectivity index (χ1) is 13.7. The molecule has 1 saturated heterocycles. The van der Waals surface area contributed by atoms with Crippen molar-refractivity contribution in [3.05, 3.63) is 40.9 Å². The molecule has 28 heavy (non-hydrogen) atoms. The average Bonchev–Trinajstić information content (AvgIpc) is 3.34. The number of rotatable bonds is 6. The van der Waals surface area contributed by atoms with Crippen LogP contribution >= 0.6 is 11.3 Å². The number of aryl methyl sites for hydroxylation is 2. The third-order valence-electron chi connectivity index (χ3n) is 5.71. The number of anilines is 1. The second-order valence-electron chi connectivity index (χ2n) is 7.71. The van der Waals surface area contributed by atoms with E-state index in [0.29, 0.717) is 24.1 Å². The Morgan fingerprint density at radius 2 is 1.89 bits per heavy atom. The number of carbonyl (C=O) groups is 2. The minimum atomic E-state index is -0.286. The summed E-state index contributed by atoms with van der Waals surface area (Å²) < 4.78 is 0. The molecule has 6 nitrogen and oxygen atoms in total. The minimum Gasteiger partial charge on any atom is -0.339 e. The molecular weight excluding hydrogens is 372 g/mol. The first kappa shape index (κ1) is 19.1. The molecule has 1 aliphatic heterocycles. The number of nitrogens with one attached hydrogen (secondary N) is 1. The zero-order chi connectivity index (χ0) is 19.3. The van der Waals surface area contributed by atoms with E-state index < -0.39 is 0 Å². The minimum absolute atomic E-state index is 0.114. The number of nitrogens with zero attached hydrogens (tertiary/aromatic N) is 3. The van der Waals surface area contributed by atoms with Crippen molar-refractivity contribution in [3.63, 3.8) is 0 Å². The number of hydrogen-bond acceptors (Lipinski definition) is 5. The zero-order valence-electron chi connectivity index (χ0n) is 16.0. The first-order valence-corrected chi connectivity index (χ1v) is 11.0. The van der Waals surface area contributed by atoms with Gasteiger partial charge in [0, 0.05) is 25.4 Å². The van der Waals surface area contributed by atoms with E-state index in [1.807, 2.05) is 23.1 Å². The van der Waals surface area contributed by atoms with Crippen molar-refractivity contribution in [1.82, 2.24) is 15.1 Å². The molecule has 4 rings (SSSR count). The topological polar surface area (TPSA) is 75.2 Å². The Kier molecular flexibility index (Phi) is 6.00. The summed E-state index contributed by atoms with van der Waals surface area (Å²) in [5.74, 6) is -0.281. The molecule has 2 amide bonds. The maximum absolute atomic E-state index is 12.6. The Labute approximate surface area is 169 Å². The van der Waals surface area contributed by atoms with Gasteiger partial charge in [0.1, 0.15) is 5.01 Å². The molecule has 1 aliphatic carbocycles. The SMILES string of the molecule is O=C(Nc1nnc(CCc2ccccc2)s1)C1CC(=O)N(C2CCCCC2)C1. The normalized spacial score (nSPS) is 20.5. The van der Waals surface area contributed by atoms with E-state index in [9.17, 15) is 9.59 Å². The molecule has 1 unspecified atom stereocenters. The first-order valence-electron chi connectivity index (χ1n) is 10.2. The van der Waals surface area contributed by atoms with Gasteiger partial charge in [0.15, 0.2) is 0 Å². The lowest BCUT2D eigenvalue weighted by molar-refractivity contribution is -0.130. The summed E-state index contributed by atoms with van der Waals surface area (Å²) in [5, 5.41) is 12.6. The molecule has 2 heterocycles. The van der Waals surface area contributed by atoms with Gasteiger partial charge in [0.25, 0.3) is 0 Å². The number of carbonyl (C=O) groups excluding carboxylic acids is 2. The maximum atomic E-state index is 12.6. The summed E-state index contributed by atoms with van der Waals surface area (Å²) in [7, 11) is 0. The van der Waals surface area contributed by atoms with Crippen molar-refractivity contribution >= 4 is 28.3 Å². The summed E-state index contributed by atoms with van der Waals surface area (Å²) in [6, 6.07) is 10.6. The number of benzene rings is 1. The lowest BCUT2D eigenvalue weighted by Crippen LogP contribution is -2.38. The van der Waals surface area contributed by atoms with E-state index in [2.05, 4.69) is 27.6 Å². The molecule has 2 aromatic rings. The van der Waals surface area contributed by atoms with Crippen LogP contribution < -0.4 is 5.32 Å². The summed E-state index contributed by atoms with van der Waals surface area (Å²) >= 11 is 1.42. The van der Waals surface area contributed by atoms with Crippen LogP contribution in [0.3, 0.4) is 0 Å². The van der Waals surface area contributed by atoms with Crippen LogP contribution in [0.2, 0.25) is 0 Å². The molecule has 1 N–H and O–H groups in total. The van der Waals surface area contributed by atoms with Crippen LogP contribution in [0.4, 0.5) is 5.13 Å². The number of amides is 2. The second kappa shape index (κ2) is 8.82. The van der Waals surface area contributed by atoms with E-state index >= 15 is 0 Å². The Morgan fingerprint density at radius 3 is 2.68 bits per heavy atom. The van der Waals surface area contributed by atoms with Crippen LogP contribution in [0.1, 0.15) is 49.1 Å². The van der Waals surface area contributed by atoms with Crippen molar-refractivity contribution in [2.24, 2.45) is 5.92 Å². The molecule has 0 bridgehead atoms. The van der Waals surface area contributed by atoms with Crippen molar-refractivity contribution < 1.29 is 9.59 Å². The van der Waals surface area contributed by atoms with Crippen LogP contribution in [-0.4, -0.2) is 39.5 Å². The highest BCUT2D eigenvalue weighted by Gasteiger charge is 2.38. The van der Waals surface area contributed by atoms with Gasteiger partial charge in [-0.15, -0.1) is 10.2 Å². The van der Waals surface area contributed by atoms with E-state index in [1.165, 1.54) is 36.2 Å². The van der Waals surface area contributed by atoms with E-state index in [0.717, 1.165) is 30.7 Å². The molecule has 1 atom stereocenters. The summed E-state index contributed by atoms with van der Waals surface area (Å²) in [4.78, 5) is 27.0.